The molecule has 1 aromatic carbocycles. The predicted molar refractivity (Wildman–Crippen MR) is 139 cm³/mol. The second-order valence-electron chi connectivity index (χ2n) is 9.34. The molecule has 0 atom stereocenters. The molecule has 1 fully saturated rings. The molecule has 1 aliphatic carbocycles. The largest absolute Gasteiger partial charge is 0.466 e. The molecule has 11 heteroatoms. The summed E-state index contributed by atoms with van der Waals surface area (Å²) < 4.78 is 17.4. The topological polar surface area (TPSA) is 103 Å². The normalized spacial score (nSPS) is 16.9. The van der Waals surface area contributed by atoms with Gasteiger partial charge in [-0.25, -0.2) is 14.6 Å². The van der Waals surface area contributed by atoms with Crippen LogP contribution in [-0.2, 0) is 23.8 Å². The van der Waals surface area contributed by atoms with Crippen molar-refractivity contribution in [2.24, 2.45) is 0 Å². The minimum atomic E-state index is -0.660. The van der Waals surface area contributed by atoms with Crippen molar-refractivity contribution in [3.8, 4) is 0 Å². The van der Waals surface area contributed by atoms with Crippen LogP contribution in [0.4, 0.5) is 5.69 Å². The van der Waals surface area contributed by atoms with E-state index in [1.54, 1.807) is 4.90 Å². The highest BCUT2D eigenvalue weighted by atomic mass is 32.1. The van der Waals surface area contributed by atoms with Gasteiger partial charge in [-0.1, -0.05) is 30.6 Å². The number of thiazole rings is 1. The molecule has 3 aromatic rings. The lowest BCUT2D eigenvalue weighted by atomic mass is 9.94. The Morgan fingerprint density at radius 2 is 1.84 bits per heavy atom. The first-order chi connectivity index (χ1) is 17.8. The van der Waals surface area contributed by atoms with Gasteiger partial charge in [0, 0.05) is 24.5 Å². The van der Waals surface area contributed by atoms with Gasteiger partial charge in [0.2, 0.25) is 0 Å². The van der Waals surface area contributed by atoms with E-state index < -0.39 is 11.9 Å². The third-order valence-corrected chi connectivity index (χ3v) is 8.38. The maximum atomic E-state index is 13.4. The van der Waals surface area contributed by atoms with Gasteiger partial charge in [0.1, 0.15) is 17.3 Å². The van der Waals surface area contributed by atoms with Gasteiger partial charge in [0.05, 0.1) is 37.4 Å². The van der Waals surface area contributed by atoms with Gasteiger partial charge in [0.25, 0.3) is 5.91 Å². The number of fused-ring (bicyclic) bond motifs is 3. The molecule has 0 saturated heterocycles. The lowest BCUT2D eigenvalue weighted by Gasteiger charge is -2.31. The predicted octanol–water partition coefficient (Wildman–Crippen LogP) is 3.66. The van der Waals surface area contributed by atoms with E-state index in [9.17, 15) is 14.4 Å². The van der Waals surface area contributed by atoms with Crippen LogP contribution in [0.5, 0.6) is 0 Å². The molecule has 0 bridgehead atoms. The van der Waals surface area contributed by atoms with Crippen molar-refractivity contribution in [2.75, 3.05) is 39.5 Å². The molecule has 37 heavy (non-hydrogen) atoms. The number of anilines is 1. The van der Waals surface area contributed by atoms with Gasteiger partial charge in [-0.15, -0.1) is 0 Å². The summed E-state index contributed by atoms with van der Waals surface area (Å²) >= 11 is 1.39. The number of benzene rings is 1. The highest BCUT2D eigenvalue weighted by Gasteiger charge is 2.33. The summed E-state index contributed by atoms with van der Waals surface area (Å²) in [5, 5.41) is 0. The quantitative estimate of drug-likeness (QED) is 0.464. The Hall–Kier alpha value is -3.44. The molecule has 196 valence electrons. The van der Waals surface area contributed by atoms with Gasteiger partial charge in [-0.2, -0.15) is 0 Å². The molecule has 0 unspecified atom stereocenters. The maximum Gasteiger partial charge on any atom is 0.355 e. The summed E-state index contributed by atoms with van der Waals surface area (Å²) in [7, 11) is 4.41. The van der Waals surface area contributed by atoms with Crippen LogP contribution in [0.15, 0.2) is 29.5 Å². The Labute approximate surface area is 218 Å². The number of nitrogens with zero attached hydrogens (tertiary/aromatic N) is 4. The zero-order chi connectivity index (χ0) is 26.3. The first-order valence-electron chi connectivity index (χ1n) is 12.3. The van der Waals surface area contributed by atoms with Crippen LogP contribution in [0, 0.1) is 6.92 Å². The molecule has 1 saturated carbocycles. The number of amides is 1. The average Bonchev–Trinajstić information content (AvgIpc) is 3.46. The fraction of sp³-hybridized carbons (Fsp3) is 0.462. The van der Waals surface area contributed by atoms with Gasteiger partial charge in [0.15, 0.2) is 4.96 Å². The molecule has 3 heterocycles. The van der Waals surface area contributed by atoms with E-state index in [1.807, 2.05) is 41.5 Å². The van der Waals surface area contributed by atoms with Crippen molar-refractivity contribution in [3.05, 3.63) is 40.0 Å². The van der Waals surface area contributed by atoms with Crippen molar-refractivity contribution in [3.63, 3.8) is 0 Å². The van der Waals surface area contributed by atoms with Crippen LogP contribution in [0.2, 0.25) is 0 Å². The van der Waals surface area contributed by atoms with Crippen molar-refractivity contribution in [2.45, 2.75) is 45.1 Å². The zero-order valence-electron chi connectivity index (χ0n) is 21.4. The lowest BCUT2D eigenvalue weighted by molar-refractivity contribution is -0.140. The number of rotatable bonds is 5. The summed E-state index contributed by atoms with van der Waals surface area (Å²) in [6.45, 7) is 1.92. The van der Waals surface area contributed by atoms with Crippen LogP contribution in [0.25, 0.3) is 16.0 Å². The van der Waals surface area contributed by atoms with E-state index in [1.165, 1.54) is 32.0 Å². The second-order valence-corrected chi connectivity index (χ2v) is 10.3. The number of hydrogen-bond donors (Lipinski definition) is 0. The number of hydrogen-bond acceptors (Lipinski definition) is 9. The number of methoxy groups -OCH3 is 2. The fourth-order valence-electron chi connectivity index (χ4n) is 5.21. The zero-order valence-corrected chi connectivity index (χ0v) is 22.2. The van der Waals surface area contributed by atoms with Gasteiger partial charge in [-0.05, 0) is 38.0 Å². The Balaban J connectivity index is 1.56. The number of imidazole rings is 1. The monoisotopic (exact) mass is 526 g/mol. The summed E-state index contributed by atoms with van der Waals surface area (Å²) in [5.41, 5.74) is 3.15. The highest BCUT2D eigenvalue weighted by Crippen LogP contribution is 2.34. The van der Waals surface area contributed by atoms with E-state index in [-0.39, 0.29) is 36.6 Å². The van der Waals surface area contributed by atoms with E-state index in [0.717, 1.165) is 47.4 Å². The van der Waals surface area contributed by atoms with E-state index in [2.05, 4.69) is 0 Å². The Bertz CT molecular complexity index is 1420. The molecular weight excluding hydrogens is 496 g/mol. The van der Waals surface area contributed by atoms with Crippen molar-refractivity contribution in [1.29, 1.82) is 0 Å². The average molecular weight is 527 g/mol. The molecule has 1 aliphatic heterocycles. The lowest BCUT2D eigenvalue weighted by Crippen LogP contribution is -2.38. The molecule has 0 radical (unpaired) electrons. The molecule has 10 nitrogen and oxygen atoms in total. The SMILES string of the molecule is COC(=O)C1=C(C(=O)OC)N(c2ccc3nc4sc(C(=O)N(C)C5CCCCC5)c(C)n4c3c2)COC1. The van der Waals surface area contributed by atoms with Crippen LogP contribution in [-0.4, -0.2) is 72.8 Å². The van der Waals surface area contributed by atoms with Crippen LogP contribution < -0.4 is 4.90 Å². The molecule has 2 aromatic heterocycles. The molecule has 2 aliphatic rings. The van der Waals surface area contributed by atoms with Crippen LogP contribution >= 0.6 is 11.3 Å². The molecule has 5 rings (SSSR count). The third-order valence-electron chi connectivity index (χ3n) is 7.25. The number of ether oxygens (including phenoxy) is 3. The highest BCUT2D eigenvalue weighted by molar-refractivity contribution is 7.19. The van der Waals surface area contributed by atoms with Crippen molar-refractivity contribution in [1.82, 2.24) is 14.3 Å². The van der Waals surface area contributed by atoms with Crippen molar-refractivity contribution < 1.29 is 28.6 Å². The standard InChI is InChI=1S/C26H30N4O6S/c1-15-22(23(31)28(2)16-8-6-5-7-9-16)37-26-27-19-11-10-17(12-20(19)30(15)26)29-14-36-13-18(24(32)34-3)21(29)25(33)35-4/h10-12,16H,5-9,13-14H2,1-4H3. The third kappa shape index (κ3) is 4.36. The Morgan fingerprint density at radius 1 is 1.11 bits per heavy atom. The Morgan fingerprint density at radius 3 is 2.54 bits per heavy atom. The Kier molecular flexibility index (Phi) is 6.91. The minimum absolute atomic E-state index is 0.0206. The molecular formula is C26H30N4O6S. The fourth-order valence-corrected chi connectivity index (χ4v) is 6.33. The van der Waals surface area contributed by atoms with Gasteiger partial charge in [-0.3, -0.25) is 9.20 Å². The summed E-state index contributed by atoms with van der Waals surface area (Å²) in [5.74, 6) is -1.29. The van der Waals surface area contributed by atoms with E-state index >= 15 is 0 Å². The number of esters is 2. The number of carbonyl (C=O) groups is 3. The smallest absolute Gasteiger partial charge is 0.355 e. The van der Waals surface area contributed by atoms with Crippen LogP contribution in [0.3, 0.4) is 0 Å². The van der Waals surface area contributed by atoms with Gasteiger partial charge >= 0.3 is 11.9 Å². The summed E-state index contributed by atoms with van der Waals surface area (Å²) in [6, 6.07) is 5.80. The van der Waals surface area contributed by atoms with E-state index in [4.69, 9.17) is 19.2 Å². The number of aromatic nitrogens is 2. The maximum absolute atomic E-state index is 13.4. The molecule has 1 amide bonds. The van der Waals surface area contributed by atoms with Gasteiger partial charge < -0.3 is 24.0 Å². The minimum Gasteiger partial charge on any atom is -0.466 e. The van der Waals surface area contributed by atoms with Crippen molar-refractivity contribution >= 4 is 50.9 Å². The molecule has 0 spiro atoms. The number of aryl methyl sites for hydroxylation is 1. The van der Waals surface area contributed by atoms with E-state index in [0.29, 0.717) is 10.6 Å². The first kappa shape index (κ1) is 25.2. The van der Waals surface area contributed by atoms with Crippen LogP contribution in [0.1, 0.15) is 47.5 Å². The first-order valence-corrected chi connectivity index (χ1v) is 13.1. The summed E-state index contributed by atoms with van der Waals surface area (Å²) in [4.78, 5) is 48.1. The summed E-state index contributed by atoms with van der Waals surface area (Å²) in [6.07, 6.45) is 5.62. The molecule has 0 N–H and O–H groups in total. The number of carbonyl (C=O) groups excluding carboxylic acids is 3. The second kappa shape index (κ2) is 10.1.